The Bertz CT molecular complexity index is 541. The molecule has 0 radical (unpaired) electrons. The Labute approximate surface area is 104 Å². The molecule has 0 heterocycles. The van der Waals surface area contributed by atoms with Crippen molar-refractivity contribution < 1.29 is 18.3 Å². The Morgan fingerprint density at radius 2 is 2.06 bits per heavy atom. The van der Waals surface area contributed by atoms with Crippen molar-refractivity contribution in [1.82, 2.24) is 4.72 Å². The summed E-state index contributed by atoms with van der Waals surface area (Å²) in [5.41, 5.74) is 0.747. The maximum Gasteiger partial charge on any atom is 0.321 e. The number of aliphatic carboxylic acids is 1. The Morgan fingerprint density at radius 1 is 1.47 bits per heavy atom. The molecule has 1 aromatic carbocycles. The summed E-state index contributed by atoms with van der Waals surface area (Å²) in [7, 11) is -3.86. The molecular weight excluding hydrogens is 266 g/mol. The molecule has 0 fully saturated rings. The second-order valence-electron chi connectivity index (χ2n) is 3.59. The summed E-state index contributed by atoms with van der Waals surface area (Å²) >= 11 is 5.81. The van der Waals surface area contributed by atoms with Crippen molar-refractivity contribution in [3.8, 4) is 0 Å². The number of benzene rings is 1. The molecule has 17 heavy (non-hydrogen) atoms. The van der Waals surface area contributed by atoms with E-state index in [0.717, 1.165) is 5.56 Å². The standard InChI is InChI=1S/C10H12ClNO4S/c1-6-3-4-8(5-9(6)11)17(15,16)12-7(2)10(13)14/h3-5,7,12H,1-2H3,(H,13,14). The van der Waals surface area contributed by atoms with Crippen LogP contribution < -0.4 is 4.72 Å². The first-order valence-corrected chi connectivity index (χ1v) is 6.61. The van der Waals surface area contributed by atoms with Gasteiger partial charge in [-0.3, -0.25) is 4.79 Å². The average molecular weight is 278 g/mol. The Hall–Kier alpha value is -1.11. The van der Waals surface area contributed by atoms with Crippen molar-refractivity contribution in [2.24, 2.45) is 0 Å². The second kappa shape index (κ2) is 5.03. The van der Waals surface area contributed by atoms with Crippen LogP contribution in [0.4, 0.5) is 0 Å². The number of carboxylic acids is 1. The fourth-order valence-corrected chi connectivity index (χ4v) is 2.56. The van der Waals surface area contributed by atoms with E-state index in [-0.39, 0.29) is 4.90 Å². The summed E-state index contributed by atoms with van der Waals surface area (Å²) in [6, 6.07) is 3.02. The van der Waals surface area contributed by atoms with Crippen molar-refractivity contribution >= 4 is 27.6 Å². The molecule has 5 nitrogen and oxygen atoms in total. The molecule has 0 aliphatic heterocycles. The van der Waals surface area contributed by atoms with Gasteiger partial charge in [-0.15, -0.1) is 0 Å². The van der Waals surface area contributed by atoms with E-state index in [9.17, 15) is 13.2 Å². The van der Waals surface area contributed by atoms with Gasteiger partial charge in [-0.05, 0) is 31.5 Å². The van der Waals surface area contributed by atoms with Crippen LogP contribution in [0.15, 0.2) is 23.1 Å². The monoisotopic (exact) mass is 277 g/mol. The van der Waals surface area contributed by atoms with Crippen molar-refractivity contribution in [2.75, 3.05) is 0 Å². The Morgan fingerprint density at radius 3 is 2.53 bits per heavy atom. The van der Waals surface area contributed by atoms with Crippen LogP contribution in [-0.2, 0) is 14.8 Å². The van der Waals surface area contributed by atoms with E-state index in [2.05, 4.69) is 0 Å². The van der Waals surface area contributed by atoms with E-state index >= 15 is 0 Å². The van der Waals surface area contributed by atoms with Gasteiger partial charge in [-0.1, -0.05) is 17.7 Å². The van der Waals surface area contributed by atoms with Crippen LogP contribution in [0.25, 0.3) is 0 Å². The van der Waals surface area contributed by atoms with Crippen LogP contribution >= 0.6 is 11.6 Å². The van der Waals surface area contributed by atoms with Crippen molar-refractivity contribution in [3.63, 3.8) is 0 Å². The van der Waals surface area contributed by atoms with Crippen LogP contribution in [0.1, 0.15) is 12.5 Å². The topological polar surface area (TPSA) is 83.5 Å². The minimum Gasteiger partial charge on any atom is -0.480 e. The predicted octanol–water partition coefficient (Wildman–Crippen LogP) is 1.40. The number of hydrogen-bond acceptors (Lipinski definition) is 3. The number of carbonyl (C=O) groups is 1. The Kier molecular flexibility index (Phi) is 4.13. The van der Waals surface area contributed by atoms with Crippen LogP contribution in [0.5, 0.6) is 0 Å². The normalized spacial score (nSPS) is 13.4. The van der Waals surface area contributed by atoms with Crippen molar-refractivity contribution in [2.45, 2.75) is 24.8 Å². The molecular formula is C10H12ClNO4S. The fourth-order valence-electron chi connectivity index (χ4n) is 1.09. The molecule has 0 aliphatic carbocycles. The average Bonchev–Trinajstić information content (AvgIpc) is 2.21. The molecule has 0 aromatic heterocycles. The summed E-state index contributed by atoms with van der Waals surface area (Å²) in [5, 5.41) is 8.95. The molecule has 1 aromatic rings. The van der Waals surface area contributed by atoms with Gasteiger partial charge >= 0.3 is 5.97 Å². The van der Waals surface area contributed by atoms with Crippen LogP contribution in [0.2, 0.25) is 5.02 Å². The third-order valence-corrected chi connectivity index (χ3v) is 4.10. The molecule has 0 saturated heterocycles. The number of aryl methyl sites for hydroxylation is 1. The number of carboxylic acid groups (broad SMARTS) is 1. The maximum atomic E-state index is 11.8. The van der Waals surface area contributed by atoms with Gasteiger partial charge in [-0.2, -0.15) is 4.72 Å². The van der Waals surface area contributed by atoms with E-state index in [1.807, 2.05) is 4.72 Å². The second-order valence-corrected chi connectivity index (χ2v) is 5.71. The number of rotatable bonds is 4. The zero-order valence-corrected chi connectivity index (χ0v) is 10.8. The molecule has 1 atom stereocenters. The maximum absolute atomic E-state index is 11.8. The fraction of sp³-hybridized carbons (Fsp3) is 0.300. The van der Waals surface area contributed by atoms with Gasteiger partial charge in [0.15, 0.2) is 0 Å². The third-order valence-electron chi connectivity index (χ3n) is 2.16. The Balaban J connectivity index is 3.05. The van der Waals surface area contributed by atoms with Gasteiger partial charge in [0.25, 0.3) is 0 Å². The smallest absolute Gasteiger partial charge is 0.321 e. The molecule has 1 rings (SSSR count). The number of nitrogens with one attached hydrogen (secondary N) is 1. The molecule has 0 spiro atoms. The summed E-state index contributed by atoms with van der Waals surface area (Å²) < 4.78 is 25.6. The minimum absolute atomic E-state index is 0.0544. The largest absolute Gasteiger partial charge is 0.480 e. The summed E-state index contributed by atoms with van der Waals surface area (Å²) in [5.74, 6) is -1.24. The highest BCUT2D eigenvalue weighted by atomic mass is 35.5. The molecule has 1 unspecified atom stereocenters. The zero-order valence-electron chi connectivity index (χ0n) is 9.27. The summed E-state index contributed by atoms with van der Waals surface area (Å²) in [4.78, 5) is 10.5. The lowest BCUT2D eigenvalue weighted by molar-refractivity contribution is -0.138. The van der Waals surface area contributed by atoms with E-state index in [1.165, 1.54) is 19.1 Å². The van der Waals surface area contributed by atoms with E-state index < -0.39 is 22.0 Å². The van der Waals surface area contributed by atoms with Gasteiger partial charge in [-0.25, -0.2) is 8.42 Å². The van der Waals surface area contributed by atoms with Crippen LogP contribution in [0.3, 0.4) is 0 Å². The van der Waals surface area contributed by atoms with Crippen LogP contribution in [0, 0.1) is 6.92 Å². The SMILES string of the molecule is Cc1ccc(S(=O)(=O)NC(C)C(=O)O)cc1Cl. The summed E-state index contributed by atoms with van der Waals surface area (Å²) in [6.07, 6.45) is 0. The highest BCUT2D eigenvalue weighted by Gasteiger charge is 2.21. The lowest BCUT2D eigenvalue weighted by Crippen LogP contribution is -2.38. The predicted molar refractivity (Wildman–Crippen MR) is 63.6 cm³/mol. The quantitative estimate of drug-likeness (QED) is 0.871. The molecule has 0 aliphatic rings. The van der Waals surface area contributed by atoms with Crippen molar-refractivity contribution in [3.05, 3.63) is 28.8 Å². The van der Waals surface area contributed by atoms with Gasteiger partial charge in [0.1, 0.15) is 6.04 Å². The van der Waals surface area contributed by atoms with Crippen molar-refractivity contribution in [1.29, 1.82) is 0 Å². The molecule has 94 valence electrons. The third kappa shape index (κ3) is 3.42. The zero-order chi connectivity index (χ0) is 13.2. The first kappa shape index (κ1) is 14.0. The number of halogens is 1. The lowest BCUT2D eigenvalue weighted by atomic mass is 10.2. The molecule has 2 N–H and O–H groups in total. The molecule has 0 bridgehead atoms. The first-order valence-electron chi connectivity index (χ1n) is 4.75. The minimum atomic E-state index is -3.86. The van der Waals surface area contributed by atoms with Gasteiger partial charge < -0.3 is 5.11 Å². The summed E-state index contributed by atoms with van der Waals surface area (Å²) in [6.45, 7) is 2.99. The highest BCUT2D eigenvalue weighted by molar-refractivity contribution is 7.89. The van der Waals surface area contributed by atoms with Gasteiger partial charge in [0.2, 0.25) is 10.0 Å². The molecule has 0 saturated carbocycles. The highest BCUT2D eigenvalue weighted by Crippen LogP contribution is 2.19. The van der Waals surface area contributed by atoms with Crippen LogP contribution in [-0.4, -0.2) is 25.5 Å². The number of sulfonamides is 1. The molecule has 7 heteroatoms. The van der Waals surface area contributed by atoms with E-state index in [4.69, 9.17) is 16.7 Å². The number of hydrogen-bond donors (Lipinski definition) is 2. The van der Waals surface area contributed by atoms with E-state index in [1.54, 1.807) is 13.0 Å². The first-order chi connectivity index (χ1) is 7.74. The lowest BCUT2D eigenvalue weighted by Gasteiger charge is -2.10. The van der Waals surface area contributed by atoms with Gasteiger partial charge in [0, 0.05) is 5.02 Å². The molecule has 0 amide bonds. The van der Waals surface area contributed by atoms with E-state index in [0.29, 0.717) is 5.02 Å². The van der Waals surface area contributed by atoms with Gasteiger partial charge in [0.05, 0.1) is 4.90 Å².